The van der Waals surface area contributed by atoms with E-state index in [1.54, 1.807) is 11.8 Å². The molecule has 0 atom stereocenters. The minimum Gasteiger partial charge on any atom is -0.496 e. The number of likely N-dealkylation sites (N-methyl/N-ethyl adjacent to an activating group) is 1. The maximum Gasteiger partial charge on any atom is 0.239 e. The summed E-state index contributed by atoms with van der Waals surface area (Å²) >= 11 is 0. The van der Waals surface area contributed by atoms with Gasteiger partial charge in [-0.15, -0.1) is 0 Å². The van der Waals surface area contributed by atoms with Crippen molar-refractivity contribution in [1.82, 2.24) is 14.7 Å². The number of rotatable bonds is 7. The first kappa shape index (κ1) is 19.6. The molecule has 1 aromatic heterocycles. The lowest BCUT2D eigenvalue weighted by atomic mass is 10.2. The zero-order valence-corrected chi connectivity index (χ0v) is 16.8. The lowest BCUT2D eigenvalue weighted by Crippen LogP contribution is -2.30. The van der Waals surface area contributed by atoms with E-state index in [2.05, 4.69) is 10.4 Å². The lowest BCUT2D eigenvalue weighted by Gasteiger charge is -2.18. The third-order valence-electron chi connectivity index (χ3n) is 4.49. The molecule has 2 aromatic carbocycles. The number of benzene rings is 2. The number of methoxy groups -OCH3 is 1. The van der Waals surface area contributed by atoms with Gasteiger partial charge in [0.1, 0.15) is 11.6 Å². The standard InChI is InChI=1S/C22H26N4O2/c1-16-9-5-7-11-19(16)26-21(13-17(2)24-26)23-22(27)15-25(3)14-18-10-6-8-12-20(18)28-4/h5-13H,14-15H2,1-4H3,(H,23,27). The molecule has 0 saturated heterocycles. The number of carbonyl (C=O) groups excluding carboxylic acids is 1. The summed E-state index contributed by atoms with van der Waals surface area (Å²) in [5.41, 5.74) is 3.93. The SMILES string of the molecule is COc1ccccc1CN(C)CC(=O)Nc1cc(C)nn1-c1ccccc1C. The summed E-state index contributed by atoms with van der Waals surface area (Å²) in [5, 5.41) is 7.53. The minimum absolute atomic E-state index is 0.0906. The maximum atomic E-state index is 12.6. The number of carbonyl (C=O) groups is 1. The monoisotopic (exact) mass is 378 g/mol. The molecule has 0 unspecified atom stereocenters. The second kappa shape index (κ2) is 8.71. The van der Waals surface area contributed by atoms with E-state index in [0.29, 0.717) is 12.4 Å². The number of hydrogen-bond donors (Lipinski definition) is 1. The second-order valence-electron chi connectivity index (χ2n) is 6.90. The third kappa shape index (κ3) is 4.58. The molecule has 6 heteroatoms. The number of amides is 1. The smallest absolute Gasteiger partial charge is 0.239 e. The van der Waals surface area contributed by atoms with E-state index in [1.165, 1.54) is 0 Å². The van der Waals surface area contributed by atoms with Crippen molar-refractivity contribution in [3.8, 4) is 11.4 Å². The van der Waals surface area contributed by atoms with Gasteiger partial charge in [0.25, 0.3) is 0 Å². The molecule has 1 heterocycles. The molecule has 1 N–H and O–H groups in total. The van der Waals surface area contributed by atoms with Crippen LogP contribution in [0.15, 0.2) is 54.6 Å². The number of ether oxygens (including phenoxy) is 1. The van der Waals surface area contributed by atoms with Crippen LogP contribution in [0, 0.1) is 13.8 Å². The highest BCUT2D eigenvalue weighted by Gasteiger charge is 2.14. The number of nitrogens with zero attached hydrogens (tertiary/aromatic N) is 3. The molecule has 0 fully saturated rings. The van der Waals surface area contributed by atoms with Crippen LogP contribution in [-0.4, -0.2) is 41.3 Å². The van der Waals surface area contributed by atoms with Gasteiger partial charge < -0.3 is 10.1 Å². The Kier molecular flexibility index (Phi) is 6.11. The van der Waals surface area contributed by atoms with Crippen LogP contribution < -0.4 is 10.1 Å². The highest BCUT2D eigenvalue weighted by atomic mass is 16.5. The number of aromatic nitrogens is 2. The van der Waals surface area contributed by atoms with Crippen LogP contribution in [0.2, 0.25) is 0 Å². The van der Waals surface area contributed by atoms with Crippen LogP contribution in [0.1, 0.15) is 16.8 Å². The average molecular weight is 378 g/mol. The predicted molar refractivity (Wildman–Crippen MR) is 111 cm³/mol. The molecule has 6 nitrogen and oxygen atoms in total. The van der Waals surface area contributed by atoms with E-state index in [-0.39, 0.29) is 12.5 Å². The fourth-order valence-electron chi connectivity index (χ4n) is 3.18. The van der Waals surface area contributed by atoms with Crippen molar-refractivity contribution in [2.45, 2.75) is 20.4 Å². The molecule has 0 radical (unpaired) electrons. The first-order valence-electron chi connectivity index (χ1n) is 9.21. The molecule has 0 bridgehead atoms. The van der Waals surface area contributed by atoms with Crippen LogP contribution in [-0.2, 0) is 11.3 Å². The summed E-state index contributed by atoms with van der Waals surface area (Å²) in [7, 11) is 3.57. The first-order valence-corrected chi connectivity index (χ1v) is 9.21. The molecule has 0 saturated carbocycles. The largest absolute Gasteiger partial charge is 0.496 e. The highest BCUT2D eigenvalue weighted by Crippen LogP contribution is 2.21. The summed E-state index contributed by atoms with van der Waals surface area (Å²) in [5.74, 6) is 1.40. The van der Waals surface area contributed by atoms with Crippen molar-refractivity contribution < 1.29 is 9.53 Å². The summed E-state index contributed by atoms with van der Waals surface area (Å²) in [6, 6.07) is 17.7. The Morgan fingerprint density at radius 1 is 1.14 bits per heavy atom. The molecular formula is C22H26N4O2. The normalized spacial score (nSPS) is 10.9. The minimum atomic E-state index is -0.0906. The topological polar surface area (TPSA) is 59.4 Å². The van der Waals surface area contributed by atoms with Gasteiger partial charge in [0.2, 0.25) is 5.91 Å². The maximum absolute atomic E-state index is 12.6. The van der Waals surface area contributed by atoms with E-state index in [4.69, 9.17) is 4.74 Å². The van der Waals surface area contributed by atoms with Gasteiger partial charge >= 0.3 is 0 Å². The van der Waals surface area contributed by atoms with E-state index >= 15 is 0 Å². The molecule has 0 aliphatic rings. The molecular weight excluding hydrogens is 352 g/mol. The molecule has 0 spiro atoms. The zero-order chi connectivity index (χ0) is 20.1. The van der Waals surface area contributed by atoms with Crippen molar-refractivity contribution >= 4 is 11.7 Å². The van der Waals surface area contributed by atoms with Gasteiger partial charge in [-0.1, -0.05) is 36.4 Å². The van der Waals surface area contributed by atoms with Gasteiger partial charge in [-0.2, -0.15) is 5.10 Å². The third-order valence-corrected chi connectivity index (χ3v) is 4.49. The zero-order valence-electron chi connectivity index (χ0n) is 16.8. The highest BCUT2D eigenvalue weighted by molar-refractivity contribution is 5.91. The van der Waals surface area contributed by atoms with E-state index in [9.17, 15) is 4.79 Å². The van der Waals surface area contributed by atoms with Gasteiger partial charge in [-0.25, -0.2) is 4.68 Å². The predicted octanol–water partition coefficient (Wildman–Crippen LogP) is 3.57. The van der Waals surface area contributed by atoms with Crippen molar-refractivity contribution in [2.24, 2.45) is 0 Å². The number of anilines is 1. The Morgan fingerprint density at radius 3 is 2.61 bits per heavy atom. The van der Waals surface area contributed by atoms with Gasteiger partial charge in [0.15, 0.2) is 0 Å². The number of para-hydroxylation sites is 2. The molecule has 28 heavy (non-hydrogen) atoms. The molecule has 0 aliphatic heterocycles. The summed E-state index contributed by atoms with van der Waals surface area (Å²) < 4.78 is 7.17. The molecule has 146 valence electrons. The van der Waals surface area contributed by atoms with Crippen molar-refractivity contribution in [2.75, 3.05) is 26.0 Å². The van der Waals surface area contributed by atoms with Crippen LogP contribution in [0.4, 0.5) is 5.82 Å². The van der Waals surface area contributed by atoms with Crippen LogP contribution >= 0.6 is 0 Å². The van der Waals surface area contributed by atoms with Crippen molar-refractivity contribution in [3.63, 3.8) is 0 Å². The summed E-state index contributed by atoms with van der Waals surface area (Å²) in [6.45, 7) is 4.82. The Hall–Kier alpha value is -3.12. The Balaban J connectivity index is 1.69. The Labute approximate surface area is 165 Å². The van der Waals surface area contributed by atoms with Crippen molar-refractivity contribution in [3.05, 3.63) is 71.4 Å². The first-order chi connectivity index (χ1) is 13.5. The average Bonchev–Trinajstić information content (AvgIpc) is 3.02. The van der Waals surface area contributed by atoms with Crippen LogP contribution in [0.25, 0.3) is 5.69 Å². The van der Waals surface area contributed by atoms with Gasteiger partial charge in [0, 0.05) is 18.2 Å². The fourth-order valence-corrected chi connectivity index (χ4v) is 3.18. The second-order valence-corrected chi connectivity index (χ2v) is 6.90. The number of hydrogen-bond acceptors (Lipinski definition) is 4. The summed E-state index contributed by atoms with van der Waals surface area (Å²) in [6.07, 6.45) is 0. The summed E-state index contributed by atoms with van der Waals surface area (Å²) in [4.78, 5) is 14.6. The number of aryl methyl sites for hydroxylation is 2. The molecule has 3 rings (SSSR count). The Morgan fingerprint density at radius 2 is 1.86 bits per heavy atom. The van der Waals surface area contributed by atoms with Gasteiger partial charge in [-0.05, 0) is 38.6 Å². The quantitative estimate of drug-likeness (QED) is 0.683. The number of nitrogens with one attached hydrogen (secondary N) is 1. The van der Waals surface area contributed by atoms with Gasteiger partial charge in [0.05, 0.1) is 25.0 Å². The molecule has 1 amide bonds. The van der Waals surface area contributed by atoms with E-state index in [0.717, 1.165) is 28.3 Å². The molecule has 3 aromatic rings. The van der Waals surface area contributed by atoms with Crippen LogP contribution in [0.5, 0.6) is 5.75 Å². The molecule has 0 aliphatic carbocycles. The Bertz CT molecular complexity index is 965. The van der Waals surface area contributed by atoms with E-state index in [1.807, 2.05) is 80.4 Å². The lowest BCUT2D eigenvalue weighted by molar-refractivity contribution is -0.117. The van der Waals surface area contributed by atoms with Crippen LogP contribution in [0.3, 0.4) is 0 Å². The van der Waals surface area contributed by atoms with Crippen molar-refractivity contribution in [1.29, 1.82) is 0 Å². The van der Waals surface area contributed by atoms with E-state index < -0.39 is 0 Å². The van der Waals surface area contributed by atoms with Gasteiger partial charge in [-0.3, -0.25) is 9.69 Å². The fraction of sp³-hybridized carbons (Fsp3) is 0.273.